The number of phenolic OH excluding ortho intramolecular Hbond substituents is 1. The number of hydrogen-bond donors (Lipinski definition) is 1. The van der Waals surface area contributed by atoms with E-state index >= 15 is 0 Å². The molecule has 146 valence electrons. The topological polar surface area (TPSA) is 26.7 Å². The molecule has 2 aromatic carbocycles. The van der Waals surface area contributed by atoms with E-state index in [4.69, 9.17) is 0 Å². The van der Waals surface area contributed by atoms with Gasteiger partial charge in [-0.2, -0.15) is 11.3 Å². The molecule has 1 aliphatic heterocycles. The number of phenols is 1. The van der Waals surface area contributed by atoms with E-state index in [9.17, 15) is 5.11 Å². The highest BCUT2D eigenvalue weighted by molar-refractivity contribution is 7.08. The molecule has 1 saturated heterocycles. The first kappa shape index (κ1) is 19.2. The number of thiophene rings is 1. The molecule has 3 aromatic rings. The predicted molar refractivity (Wildman–Crippen MR) is 117 cm³/mol. The maximum Gasteiger partial charge on any atom is 0.115 e. The van der Waals surface area contributed by atoms with Gasteiger partial charge in [0.15, 0.2) is 0 Å². The molecular formula is C24H28N2OS. The summed E-state index contributed by atoms with van der Waals surface area (Å²) in [6.07, 6.45) is 0. The minimum absolute atomic E-state index is 0.176. The van der Waals surface area contributed by atoms with Crippen molar-refractivity contribution in [1.82, 2.24) is 9.80 Å². The van der Waals surface area contributed by atoms with Crippen molar-refractivity contribution >= 4 is 11.3 Å². The Balaban J connectivity index is 1.58. The third-order valence-electron chi connectivity index (χ3n) is 5.77. The van der Waals surface area contributed by atoms with Gasteiger partial charge in [-0.15, -0.1) is 0 Å². The van der Waals surface area contributed by atoms with Gasteiger partial charge in [0.05, 0.1) is 6.04 Å². The van der Waals surface area contributed by atoms with Crippen molar-refractivity contribution in [3.63, 3.8) is 0 Å². The summed E-state index contributed by atoms with van der Waals surface area (Å²) in [5.74, 6) is 0.334. The molecule has 3 nitrogen and oxygen atoms in total. The highest BCUT2D eigenvalue weighted by Crippen LogP contribution is 2.35. The van der Waals surface area contributed by atoms with Crippen LogP contribution >= 0.6 is 11.3 Å². The summed E-state index contributed by atoms with van der Waals surface area (Å²) in [5.41, 5.74) is 3.84. The van der Waals surface area contributed by atoms with E-state index in [1.54, 1.807) is 17.4 Å². The minimum atomic E-state index is 0.176. The molecule has 2 heterocycles. The Morgan fingerprint density at radius 2 is 1.79 bits per heavy atom. The van der Waals surface area contributed by atoms with E-state index < -0.39 is 0 Å². The van der Waals surface area contributed by atoms with Crippen molar-refractivity contribution in [1.29, 1.82) is 0 Å². The van der Waals surface area contributed by atoms with Crippen LogP contribution in [-0.2, 0) is 6.54 Å². The fourth-order valence-electron chi connectivity index (χ4n) is 4.32. The summed E-state index contributed by atoms with van der Waals surface area (Å²) >= 11 is 1.74. The Morgan fingerprint density at radius 3 is 2.50 bits per heavy atom. The average Bonchev–Trinajstić information content (AvgIpc) is 3.21. The van der Waals surface area contributed by atoms with E-state index in [1.165, 1.54) is 11.1 Å². The first-order chi connectivity index (χ1) is 13.6. The van der Waals surface area contributed by atoms with E-state index in [0.717, 1.165) is 25.2 Å². The highest BCUT2D eigenvalue weighted by atomic mass is 32.1. The van der Waals surface area contributed by atoms with E-state index in [1.807, 2.05) is 12.1 Å². The number of benzene rings is 2. The van der Waals surface area contributed by atoms with Gasteiger partial charge in [0.1, 0.15) is 5.75 Å². The van der Waals surface area contributed by atoms with Crippen LogP contribution in [0.3, 0.4) is 0 Å². The summed E-state index contributed by atoms with van der Waals surface area (Å²) in [6.45, 7) is 7.69. The third kappa shape index (κ3) is 4.14. The lowest BCUT2D eigenvalue weighted by atomic mass is 9.95. The number of nitrogens with zero attached hydrogens (tertiary/aromatic N) is 2. The fourth-order valence-corrected chi connectivity index (χ4v) is 5.00. The zero-order chi connectivity index (χ0) is 19.5. The van der Waals surface area contributed by atoms with E-state index in [0.29, 0.717) is 17.8 Å². The van der Waals surface area contributed by atoms with Gasteiger partial charge in [-0.3, -0.25) is 9.80 Å². The van der Waals surface area contributed by atoms with Crippen LogP contribution in [0.5, 0.6) is 5.75 Å². The molecule has 28 heavy (non-hydrogen) atoms. The second-order valence-corrected chi connectivity index (χ2v) is 8.64. The molecule has 4 heteroatoms. The zero-order valence-corrected chi connectivity index (χ0v) is 17.3. The summed E-state index contributed by atoms with van der Waals surface area (Å²) in [6, 6.07) is 21.8. The van der Waals surface area contributed by atoms with Crippen LogP contribution in [0.4, 0.5) is 0 Å². The molecule has 4 rings (SSSR count). The lowest BCUT2D eigenvalue weighted by Crippen LogP contribution is -2.56. The molecule has 0 amide bonds. The summed E-state index contributed by atoms with van der Waals surface area (Å²) in [7, 11) is 0. The van der Waals surface area contributed by atoms with Crippen LogP contribution in [0, 0.1) is 0 Å². The van der Waals surface area contributed by atoms with Crippen molar-refractivity contribution in [3.05, 3.63) is 88.1 Å². The van der Waals surface area contributed by atoms with Gasteiger partial charge < -0.3 is 5.11 Å². The van der Waals surface area contributed by atoms with Crippen LogP contribution in [0.1, 0.15) is 36.6 Å². The van der Waals surface area contributed by atoms with Gasteiger partial charge in [0.2, 0.25) is 0 Å². The van der Waals surface area contributed by atoms with Crippen molar-refractivity contribution in [3.8, 4) is 5.75 Å². The van der Waals surface area contributed by atoms with Crippen molar-refractivity contribution in [2.45, 2.75) is 38.5 Å². The lowest BCUT2D eigenvalue weighted by Gasteiger charge is -2.47. The first-order valence-corrected chi connectivity index (χ1v) is 10.9. The first-order valence-electron chi connectivity index (χ1n) is 9.96. The molecule has 0 saturated carbocycles. The maximum absolute atomic E-state index is 10.1. The maximum atomic E-state index is 10.1. The number of rotatable bonds is 5. The second-order valence-electron chi connectivity index (χ2n) is 7.86. The normalized spacial score (nSPS) is 22.2. The predicted octanol–water partition coefficient (Wildman–Crippen LogP) is 5.14. The smallest absolute Gasteiger partial charge is 0.115 e. The van der Waals surface area contributed by atoms with Crippen molar-refractivity contribution in [2.24, 2.45) is 0 Å². The van der Waals surface area contributed by atoms with Crippen molar-refractivity contribution in [2.75, 3.05) is 13.1 Å². The standard InChI is InChI=1S/C24H28N2OS/c1-18-15-26(19(2)14-25(18)16-20-7-4-3-5-8-20)24(22-11-12-28-17-22)21-9-6-10-23(27)13-21/h3-13,17-19,24,27H,14-16H2,1-2H3/t18-,19-,24?/m0/s1. The van der Waals surface area contributed by atoms with Gasteiger partial charge >= 0.3 is 0 Å². The zero-order valence-electron chi connectivity index (χ0n) is 16.5. The third-order valence-corrected chi connectivity index (χ3v) is 6.47. The molecular weight excluding hydrogens is 364 g/mol. The Kier molecular flexibility index (Phi) is 5.81. The number of aromatic hydroxyl groups is 1. The van der Waals surface area contributed by atoms with E-state index in [-0.39, 0.29) is 6.04 Å². The summed E-state index contributed by atoms with van der Waals surface area (Å²) in [4.78, 5) is 5.19. The Labute approximate surface area is 171 Å². The van der Waals surface area contributed by atoms with Crippen LogP contribution < -0.4 is 0 Å². The molecule has 1 unspecified atom stereocenters. The summed E-state index contributed by atoms with van der Waals surface area (Å²) < 4.78 is 0. The monoisotopic (exact) mass is 392 g/mol. The Bertz CT molecular complexity index is 881. The van der Waals surface area contributed by atoms with Crippen LogP contribution in [0.2, 0.25) is 0 Å². The minimum Gasteiger partial charge on any atom is -0.508 e. The number of hydrogen-bond acceptors (Lipinski definition) is 4. The van der Waals surface area contributed by atoms with E-state index in [2.05, 4.69) is 76.9 Å². The van der Waals surface area contributed by atoms with Gasteiger partial charge in [-0.25, -0.2) is 0 Å². The molecule has 0 aliphatic carbocycles. The van der Waals surface area contributed by atoms with Gasteiger partial charge in [0, 0.05) is 31.7 Å². The molecule has 0 radical (unpaired) electrons. The Morgan fingerprint density at radius 1 is 0.964 bits per heavy atom. The number of piperazine rings is 1. The lowest BCUT2D eigenvalue weighted by molar-refractivity contribution is 0.0196. The van der Waals surface area contributed by atoms with Gasteiger partial charge in [0.25, 0.3) is 0 Å². The molecule has 0 spiro atoms. The molecule has 1 N–H and O–H groups in total. The van der Waals surface area contributed by atoms with Gasteiger partial charge in [-0.1, -0.05) is 42.5 Å². The molecule has 1 aliphatic rings. The average molecular weight is 393 g/mol. The fraction of sp³-hybridized carbons (Fsp3) is 0.333. The molecule has 1 aromatic heterocycles. The van der Waals surface area contributed by atoms with Crippen LogP contribution in [-0.4, -0.2) is 40.1 Å². The highest BCUT2D eigenvalue weighted by Gasteiger charge is 2.35. The molecule has 3 atom stereocenters. The molecule has 1 fully saturated rings. The molecule has 0 bridgehead atoms. The van der Waals surface area contributed by atoms with Crippen LogP contribution in [0.25, 0.3) is 0 Å². The van der Waals surface area contributed by atoms with Gasteiger partial charge in [-0.05, 0) is 59.5 Å². The SMILES string of the molecule is C[C@H]1CN(C(c2ccsc2)c2cccc(O)c2)[C@@H](C)CN1Cc1ccccc1. The van der Waals surface area contributed by atoms with Crippen LogP contribution in [0.15, 0.2) is 71.4 Å². The Hall–Kier alpha value is -2.14. The largest absolute Gasteiger partial charge is 0.508 e. The summed E-state index contributed by atoms with van der Waals surface area (Å²) in [5, 5.41) is 14.4. The van der Waals surface area contributed by atoms with Crippen molar-refractivity contribution < 1.29 is 5.11 Å². The quantitative estimate of drug-likeness (QED) is 0.651. The second kappa shape index (κ2) is 8.48.